The van der Waals surface area contributed by atoms with Crippen LogP contribution in [0, 0.1) is 0 Å². The number of hydrogen-bond donors (Lipinski definition) is 4. The lowest BCUT2D eigenvalue weighted by atomic mass is 10.2. The lowest BCUT2D eigenvalue weighted by Crippen LogP contribution is -2.46. The number of halogens is 1. The van der Waals surface area contributed by atoms with E-state index in [0.29, 0.717) is 17.9 Å². The van der Waals surface area contributed by atoms with Gasteiger partial charge in [0.05, 0.1) is 23.7 Å². The zero-order valence-corrected chi connectivity index (χ0v) is 22.1. The minimum Gasteiger partial charge on any atom is -0.336 e. The minimum atomic E-state index is -3.64. The molecule has 1 amide bonds. The molecule has 1 aliphatic rings. The highest BCUT2D eigenvalue weighted by molar-refractivity contribution is 7.92. The van der Waals surface area contributed by atoms with Crippen molar-refractivity contribution in [3.8, 4) is 0 Å². The summed E-state index contributed by atoms with van der Waals surface area (Å²) in [5.41, 5.74) is 1.55. The Morgan fingerprint density at radius 3 is 2.62 bits per heavy atom. The Bertz CT molecular complexity index is 1360. The van der Waals surface area contributed by atoms with Crippen molar-refractivity contribution < 1.29 is 13.2 Å². The van der Waals surface area contributed by atoms with Crippen molar-refractivity contribution in [3.05, 3.63) is 53.8 Å². The fourth-order valence-electron chi connectivity index (χ4n) is 3.66. The van der Waals surface area contributed by atoms with Crippen LogP contribution in [0.25, 0.3) is 0 Å². The molecule has 196 valence electrons. The number of nitrogens with one attached hydrogen (secondary N) is 4. The van der Waals surface area contributed by atoms with Crippen LogP contribution >= 0.6 is 11.6 Å². The second-order valence-electron chi connectivity index (χ2n) is 8.75. The summed E-state index contributed by atoms with van der Waals surface area (Å²) in [6, 6.07) is 10.4. The first-order valence-electron chi connectivity index (χ1n) is 11.8. The summed E-state index contributed by atoms with van der Waals surface area (Å²) in [5, 5.41) is 11.7. The first-order chi connectivity index (χ1) is 17.7. The predicted octanol–water partition coefficient (Wildman–Crippen LogP) is 3.04. The summed E-state index contributed by atoms with van der Waals surface area (Å²) >= 11 is 6.30. The fraction of sp³-hybridized carbons (Fsp3) is 0.333. The largest absolute Gasteiger partial charge is 0.336 e. The third kappa shape index (κ3) is 6.92. The Morgan fingerprint density at radius 2 is 1.86 bits per heavy atom. The Balaban J connectivity index is 1.47. The monoisotopic (exact) mass is 544 g/mol. The zero-order valence-electron chi connectivity index (χ0n) is 20.5. The van der Waals surface area contributed by atoms with Gasteiger partial charge in [-0.2, -0.15) is 4.98 Å². The number of rotatable bonds is 9. The van der Waals surface area contributed by atoms with Crippen LogP contribution in [0.4, 0.5) is 28.8 Å². The van der Waals surface area contributed by atoms with E-state index in [1.54, 1.807) is 44.2 Å². The molecule has 3 aromatic rings. The van der Waals surface area contributed by atoms with Gasteiger partial charge in [-0.15, -0.1) is 0 Å². The summed E-state index contributed by atoms with van der Waals surface area (Å²) in [7, 11) is -3.64. The van der Waals surface area contributed by atoms with Gasteiger partial charge < -0.3 is 21.3 Å². The van der Waals surface area contributed by atoms with Gasteiger partial charge in [0.1, 0.15) is 5.02 Å². The molecule has 0 spiro atoms. The van der Waals surface area contributed by atoms with Gasteiger partial charge in [0.25, 0.3) is 0 Å². The van der Waals surface area contributed by atoms with Gasteiger partial charge >= 0.3 is 0 Å². The predicted molar refractivity (Wildman–Crippen MR) is 145 cm³/mol. The molecule has 1 saturated heterocycles. The molecule has 1 aliphatic heterocycles. The van der Waals surface area contributed by atoms with Crippen molar-refractivity contribution >= 4 is 56.2 Å². The number of anilines is 5. The third-order valence-electron chi connectivity index (χ3n) is 5.64. The number of hydrogen-bond acceptors (Lipinski definition) is 10. The molecule has 0 unspecified atom stereocenters. The van der Waals surface area contributed by atoms with Crippen LogP contribution in [0.2, 0.25) is 5.02 Å². The standard InChI is InChI=1S/C24H29ClN8O3S/c1-16(2)37(35,36)23-20(7-4-8-27-23)31-22-19(25)14-28-24(32-22)30-18-6-3-5-17(13-18)29-21(34)15-33-11-9-26-10-12-33/h3-8,13-14,16,26H,9-12,15H2,1-2H3,(H,29,34)(H2,28,30,31,32). The topological polar surface area (TPSA) is 141 Å². The van der Waals surface area contributed by atoms with Gasteiger partial charge in [0.15, 0.2) is 20.7 Å². The first-order valence-corrected chi connectivity index (χ1v) is 13.7. The smallest absolute Gasteiger partial charge is 0.238 e. The molecule has 4 rings (SSSR count). The fourth-order valence-corrected chi connectivity index (χ4v) is 4.87. The average molecular weight is 545 g/mol. The molecular formula is C24H29ClN8O3S. The number of benzene rings is 1. The van der Waals surface area contributed by atoms with Crippen molar-refractivity contribution in [1.82, 2.24) is 25.2 Å². The van der Waals surface area contributed by atoms with Gasteiger partial charge in [-0.05, 0) is 44.2 Å². The summed E-state index contributed by atoms with van der Waals surface area (Å²) < 4.78 is 25.5. The van der Waals surface area contributed by atoms with E-state index in [0.717, 1.165) is 26.2 Å². The maximum atomic E-state index is 12.7. The van der Waals surface area contributed by atoms with Crippen molar-refractivity contribution in [3.63, 3.8) is 0 Å². The molecule has 0 saturated carbocycles. The molecule has 2 aromatic heterocycles. The number of carbonyl (C=O) groups excluding carboxylic acids is 1. The number of piperazine rings is 1. The van der Waals surface area contributed by atoms with E-state index in [9.17, 15) is 13.2 Å². The molecule has 4 N–H and O–H groups in total. The second-order valence-corrected chi connectivity index (χ2v) is 11.6. The number of aromatic nitrogens is 3. The Hall–Kier alpha value is -3.32. The highest BCUT2D eigenvalue weighted by atomic mass is 35.5. The molecule has 0 atom stereocenters. The highest BCUT2D eigenvalue weighted by Crippen LogP contribution is 2.29. The highest BCUT2D eigenvalue weighted by Gasteiger charge is 2.25. The quantitative estimate of drug-likeness (QED) is 0.317. The summed E-state index contributed by atoms with van der Waals surface area (Å²) in [4.78, 5) is 27.2. The van der Waals surface area contributed by atoms with Crippen molar-refractivity contribution in [2.24, 2.45) is 0 Å². The van der Waals surface area contributed by atoms with E-state index in [1.165, 1.54) is 12.4 Å². The first kappa shape index (κ1) is 26.7. The van der Waals surface area contributed by atoms with E-state index in [4.69, 9.17) is 11.6 Å². The maximum absolute atomic E-state index is 12.7. The molecule has 0 aliphatic carbocycles. The van der Waals surface area contributed by atoms with Crippen LogP contribution in [0.1, 0.15) is 13.8 Å². The van der Waals surface area contributed by atoms with E-state index in [1.807, 2.05) is 6.07 Å². The SMILES string of the molecule is CC(C)S(=O)(=O)c1ncccc1Nc1nc(Nc2cccc(NC(=O)CN3CCNCC3)c2)ncc1Cl. The lowest BCUT2D eigenvalue weighted by Gasteiger charge is -2.26. The van der Waals surface area contributed by atoms with Crippen molar-refractivity contribution in [1.29, 1.82) is 0 Å². The molecule has 11 nitrogen and oxygen atoms in total. The molecule has 1 aromatic carbocycles. The normalized spacial score (nSPS) is 14.4. The second kappa shape index (κ2) is 11.8. The number of nitrogens with zero attached hydrogens (tertiary/aromatic N) is 4. The van der Waals surface area contributed by atoms with E-state index < -0.39 is 15.1 Å². The minimum absolute atomic E-state index is 0.0848. The average Bonchev–Trinajstić information content (AvgIpc) is 2.87. The van der Waals surface area contributed by atoms with Crippen LogP contribution < -0.4 is 21.3 Å². The summed E-state index contributed by atoms with van der Waals surface area (Å²) in [6.45, 7) is 6.94. The van der Waals surface area contributed by atoms with Crippen LogP contribution in [0.5, 0.6) is 0 Å². The zero-order chi connectivity index (χ0) is 26.4. The van der Waals surface area contributed by atoms with E-state index in [-0.39, 0.29) is 33.4 Å². The molecule has 1 fully saturated rings. The van der Waals surface area contributed by atoms with Crippen LogP contribution in [-0.4, -0.2) is 72.2 Å². The Morgan fingerprint density at radius 1 is 1.11 bits per heavy atom. The molecule has 0 radical (unpaired) electrons. The van der Waals surface area contributed by atoms with E-state index >= 15 is 0 Å². The van der Waals surface area contributed by atoms with Gasteiger partial charge in [-0.1, -0.05) is 17.7 Å². The Kier molecular flexibility index (Phi) is 8.54. The number of carbonyl (C=O) groups is 1. The van der Waals surface area contributed by atoms with Gasteiger partial charge in [-0.25, -0.2) is 18.4 Å². The van der Waals surface area contributed by atoms with Gasteiger partial charge in [0.2, 0.25) is 11.9 Å². The van der Waals surface area contributed by atoms with Crippen LogP contribution in [-0.2, 0) is 14.6 Å². The molecular weight excluding hydrogens is 516 g/mol. The summed E-state index contributed by atoms with van der Waals surface area (Å²) in [6.07, 6.45) is 2.83. The molecule has 0 bridgehead atoms. The number of amides is 1. The van der Waals surface area contributed by atoms with Crippen molar-refractivity contribution in [2.45, 2.75) is 24.1 Å². The Labute approximate surface area is 221 Å². The maximum Gasteiger partial charge on any atom is 0.238 e. The van der Waals surface area contributed by atoms with Crippen molar-refractivity contribution in [2.75, 3.05) is 48.7 Å². The van der Waals surface area contributed by atoms with Gasteiger partial charge in [-0.3, -0.25) is 9.69 Å². The number of pyridine rings is 1. The van der Waals surface area contributed by atoms with E-state index in [2.05, 4.69) is 41.1 Å². The van der Waals surface area contributed by atoms with Gasteiger partial charge in [0, 0.05) is 43.8 Å². The lowest BCUT2D eigenvalue weighted by molar-refractivity contribution is -0.117. The summed E-state index contributed by atoms with van der Waals surface area (Å²) in [5.74, 6) is 0.359. The molecule has 3 heterocycles. The molecule has 13 heteroatoms. The van der Waals surface area contributed by atoms with Crippen LogP contribution in [0.3, 0.4) is 0 Å². The number of sulfone groups is 1. The molecule has 37 heavy (non-hydrogen) atoms. The van der Waals surface area contributed by atoms with Crippen LogP contribution in [0.15, 0.2) is 53.8 Å². The third-order valence-corrected chi connectivity index (χ3v) is 8.02.